The topological polar surface area (TPSA) is 88.0 Å². The molecule has 0 radical (unpaired) electrons. The van der Waals surface area contributed by atoms with Crippen LogP contribution in [0.3, 0.4) is 0 Å². The van der Waals surface area contributed by atoms with Crippen molar-refractivity contribution >= 4 is 33.3 Å². The number of fused-ring (bicyclic) bond motifs is 1. The number of carbonyl (C=O) groups is 1. The highest BCUT2D eigenvalue weighted by atomic mass is 32.2. The van der Waals surface area contributed by atoms with Gasteiger partial charge in [-0.25, -0.2) is 0 Å². The Labute approximate surface area is 114 Å². The molecular weight excluding hydrogens is 262 g/mol. The molecule has 0 saturated heterocycles. The third-order valence-electron chi connectivity index (χ3n) is 3.07. The minimum Gasteiger partial charge on any atom is -0.399 e. The number of nitrogens with two attached hydrogens (primary N) is 1. The Morgan fingerprint density at radius 1 is 1.53 bits per heavy atom. The van der Waals surface area contributed by atoms with Crippen LogP contribution in [-0.4, -0.2) is 33.2 Å². The van der Waals surface area contributed by atoms with Crippen LogP contribution in [0.2, 0.25) is 0 Å². The summed E-state index contributed by atoms with van der Waals surface area (Å²) in [5.74, 6) is -0.173. The van der Waals surface area contributed by atoms with Gasteiger partial charge in [-0.05, 0) is 25.1 Å². The summed E-state index contributed by atoms with van der Waals surface area (Å²) >= 11 is 0. The van der Waals surface area contributed by atoms with Gasteiger partial charge in [0.15, 0.2) is 0 Å². The molecular formula is C13H17N3O2S. The third kappa shape index (κ3) is 2.96. The van der Waals surface area contributed by atoms with E-state index in [0.29, 0.717) is 17.8 Å². The summed E-state index contributed by atoms with van der Waals surface area (Å²) in [4.78, 5) is 15.1. The minimum atomic E-state index is -0.943. The highest BCUT2D eigenvalue weighted by molar-refractivity contribution is 7.84. The van der Waals surface area contributed by atoms with E-state index in [4.69, 9.17) is 5.73 Å². The molecule has 2 aromatic rings. The van der Waals surface area contributed by atoms with Crippen molar-refractivity contribution < 1.29 is 9.00 Å². The van der Waals surface area contributed by atoms with Crippen molar-refractivity contribution in [1.29, 1.82) is 0 Å². The van der Waals surface area contributed by atoms with Crippen LogP contribution in [-0.2, 0) is 10.8 Å². The Morgan fingerprint density at radius 2 is 2.26 bits per heavy atom. The van der Waals surface area contributed by atoms with E-state index in [1.807, 2.05) is 13.0 Å². The number of anilines is 1. The number of benzene rings is 1. The Kier molecular flexibility index (Phi) is 3.90. The van der Waals surface area contributed by atoms with E-state index < -0.39 is 10.8 Å². The molecule has 1 heterocycles. The SMILES string of the molecule is CC(CNC(=O)c1c[nH]c2cc(N)ccc12)S(C)=O. The summed E-state index contributed by atoms with van der Waals surface area (Å²) in [5, 5.41) is 3.56. The van der Waals surface area contributed by atoms with Crippen molar-refractivity contribution in [2.24, 2.45) is 0 Å². The number of aromatic nitrogens is 1. The number of nitrogens with one attached hydrogen (secondary N) is 2. The maximum Gasteiger partial charge on any atom is 0.253 e. The van der Waals surface area contributed by atoms with Gasteiger partial charge in [0.1, 0.15) is 0 Å². The second-order valence-corrected chi connectivity index (χ2v) is 6.33. The molecule has 102 valence electrons. The van der Waals surface area contributed by atoms with Gasteiger partial charge in [0, 0.05) is 51.6 Å². The Bertz CT molecular complexity index is 636. The van der Waals surface area contributed by atoms with Crippen LogP contribution in [0, 0.1) is 0 Å². The maximum absolute atomic E-state index is 12.1. The fourth-order valence-electron chi connectivity index (χ4n) is 1.78. The van der Waals surface area contributed by atoms with E-state index in [1.165, 1.54) is 0 Å². The van der Waals surface area contributed by atoms with Gasteiger partial charge < -0.3 is 16.0 Å². The molecule has 2 atom stereocenters. The van der Waals surface area contributed by atoms with E-state index in [0.717, 1.165) is 10.9 Å². The van der Waals surface area contributed by atoms with Crippen molar-refractivity contribution in [2.75, 3.05) is 18.5 Å². The molecule has 0 aliphatic rings. The lowest BCUT2D eigenvalue weighted by molar-refractivity contribution is 0.0956. The summed E-state index contributed by atoms with van der Waals surface area (Å²) in [6, 6.07) is 5.37. The first-order valence-electron chi connectivity index (χ1n) is 5.96. The molecule has 19 heavy (non-hydrogen) atoms. The molecule has 2 unspecified atom stereocenters. The highest BCUT2D eigenvalue weighted by Gasteiger charge is 2.13. The maximum atomic E-state index is 12.1. The van der Waals surface area contributed by atoms with Gasteiger partial charge in [0.2, 0.25) is 0 Å². The Morgan fingerprint density at radius 3 is 2.95 bits per heavy atom. The molecule has 1 aromatic heterocycles. The van der Waals surface area contributed by atoms with Crippen molar-refractivity contribution in [3.8, 4) is 0 Å². The molecule has 4 N–H and O–H groups in total. The molecule has 0 spiro atoms. The number of aromatic amines is 1. The van der Waals surface area contributed by atoms with Gasteiger partial charge in [-0.3, -0.25) is 9.00 Å². The van der Waals surface area contributed by atoms with Crippen LogP contribution in [0.25, 0.3) is 10.9 Å². The van der Waals surface area contributed by atoms with E-state index in [-0.39, 0.29) is 11.2 Å². The molecule has 0 aliphatic heterocycles. The lowest BCUT2D eigenvalue weighted by Crippen LogP contribution is -2.32. The first kappa shape index (κ1) is 13.6. The number of H-pyrrole nitrogens is 1. The Hall–Kier alpha value is -1.82. The first-order valence-corrected chi connectivity index (χ1v) is 7.58. The van der Waals surface area contributed by atoms with E-state index in [2.05, 4.69) is 10.3 Å². The highest BCUT2D eigenvalue weighted by Crippen LogP contribution is 2.20. The quantitative estimate of drug-likeness (QED) is 0.736. The fraction of sp³-hybridized carbons (Fsp3) is 0.308. The van der Waals surface area contributed by atoms with Gasteiger partial charge in [0.25, 0.3) is 5.91 Å². The smallest absolute Gasteiger partial charge is 0.253 e. The summed E-state index contributed by atoms with van der Waals surface area (Å²) in [6.07, 6.45) is 3.29. The summed E-state index contributed by atoms with van der Waals surface area (Å²) in [5.41, 5.74) is 7.74. The van der Waals surface area contributed by atoms with Crippen molar-refractivity contribution in [3.63, 3.8) is 0 Å². The minimum absolute atomic E-state index is 0.0650. The number of carbonyl (C=O) groups excluding carboxylic acids is 1. The zero-order valence-electron chi connectivity index (χ0n) is 10.9. The van der Waals surface area contributed by atoms with Crippen LogP contribution in [0.5, 0.6) is 0 Å². The molecule has 1 amide bonds. The predicted molar refractivity (Wildman–Crippen MR) is 78.6 cm³/mol. The van der Waals surface area contributed by atoms with Crippen molar-refractivity contribution in [1.82, 2.24) is 10.3 Å². The lowest BCUT2D eigenvalue weighted by Gasteiger charge is -2.09. The van der Waals surface area contributed by atoms with Gasteiger partial charge in [-0.2, -0.15) is 0 Å². The first-order chi connectivity index (χ1) is 8.99. The number of amides is 1. The van der Waals surface area contributed by atoms with E-state index >= 15 is 0 Å². The molecule has 2 rings (SSSR count). The second kappa shape index (κ2) is 5.44. The zero-order chi connectivity index (χ0) is 14.0. The van der Waals surface area contributed by atoms with Crippen LogP contribution >= 0.6 is 0 Å². The largest absolute Gasteiger partial charge is 0.399 e. The summed E-state index contributed by atoms with van der Waals surface area (Å²) < 4.78 is 11.2. The van der Waals surface area contributed by atoms with Gasteiger partial charge >= 0.3 is 0 Å². The number of hydrogen-bond acceptors (Lipinski definition) is 3. The molecule has 6 heteroatoms. The number of rotatable bonds is 4. The molecule has 0 fully saturated rings. The standard InChI is InChI=1S/C13H17N3O2S/c1-8(19(2)18)6-16-13(17)11-7-15-12-5-9(14)3-4-10(11)12/h3-5,7-8,15H,6,14H2,1-2H3,(H,16,17). The zero-order valence-corrected chi connectivity index (χ0v) is 11.7. The van der Waals surface area contributed by atoms with Crippen LogP contribution in [0.1, 0.15) is 17.3 Å². The summed E-state index contributed by atoms with van der Waals surface area (Å²) in [7, 11) is -0.943. The van der Waals surface area contributed by atoms with Crippen LogP contribution in [0.15, 0.2) is 24.4 Å². The third-order valence-corrected chi connectivity index (χ3v) is 4.37. The second-order valence-electron chi connectivity index (χ2n) is 4.53. The lowest BCUT2D eigenvalue weighted by atomic mass is 10.1. The summed E-state index contributed by atoms with van der Waals surface area (Å²) in [6.45, 7) is 2.23. The van der Waals surface area contributed by atoms with Crippen LogP contribution in [0.4, 0.5) is 5.69 Å². The number of nitrogen functional groups attached to an aromatic ring is 1. The normalized spacial score (nSPS) is 14.2. The Balaban J connectivity index is 2.16. The predicted octanol–water partition coefficient (Wildman–Crippen LogP) is 1.25. The average Bonchev–Trinajstić information content (AvgIpc) is 2.78. The molecule has 0 aliphatic carbocycles. The molecule has 0 saturated carbocycles. The van der Waals surface area contributed by atoms with Crippen molar-refractivity contribution in [2.45, 2.75) is 12.2 Å². The fourth-order valence-corrected chi connectivity index (χ4v) is 2.10. The van der Waals surface area contributed by atoms with Crippen molar-refractivity contribution in [3.05, 3.63) is 30.0 Å². The van der Waals surface area contributed by atoms with Gasteiger partial charge in [0.05, 0.1) is 5.56 Å². The monoisotopic (exact) mass is 279 g/mol. The van der Waals surface area contributed by atoms with E-state index in [1.54, 1.807) is 24.6 Å². The average molecular weight is 279 g/mol. The number of hydrogen-bond donors (Lipinski definition) is 3. The molecule has 0 bridgehead atoms. The van der Waals surface area contributed by atoms with E-state index in [9.17, 15) is 9.00 Å². The molecule has 1 aromatic carbocycles. The van der Waals surface area contributed by atoms with Crippen LogP contribution < -0.4 is 11.1 Å². The van der Waals surface area contributed by atoms with Gasteiger partial charge in [-0.15, -0.1) is 0 Å². The van der Waals surface area contributed by atoms with Gasteiger partial charge in [-0.1, -0.05) is 0 Å². The molecule has 5 nitrogen and oxygen atoms in total.